The van der Waals surface area contributed by atoms with E-state index in [0.29, 0.717) is 12.5 Å². The zero-order valence-electron chi connectivity index (χ0n) is 12.8. The Labute approximate surface area is 121 Å². The summed E-state index contributed by atoms with van der Waals surface area (Å²) in [5.41, 5.74) is 0.704. The molecule has 1 aliphatic rings. The lowest BCUT2D eigenvalue weighted by Crippen LogP contribution is -2.32. The molecule has 0 aliphatic heterocycles. The molecule has 20 heavy (non-hydrogen) atoms. The number of nitrogens with zero attached hydrogens (tertiary/aromatic N) is 1. The third-order valence-electron chi connectivity index (χ3n) is 4.41. The van der Waals surface area contributed by atoms with E-state index in [1.165, 1.54) is 0 Å². The maximum absolute atomic E-state index is 12.5. The summed E-state index contributed by atoms with van der Waals surface area (Å²) in [5, 5.41) is 0. The van der Waals surface area contributed by atoms with E-state index in [1.807, 2.05) is 25.1 Å². The lowest BCUT2D eigenvalue weighted by Gasteiger charge is -2.21. The predicted molar refractivity (Wildman–Crippen MR) is 80.6 cm³/mol. The molecular formula is C17H25NO2. The van der Waals surface area contributed by atoms with Crippen molar-refractivity contribution in [3.05, 3.63) is 35.9 Å². The Hall–Kier alpha value is -1.35. The second-order valence-electron chi connectivity index (χ2n) is 5.44. The van der Waals surface area contributed by atoms with Crippen LogP contribution in [0.1, 0.15) is 32.8 Å². The van der Waals surface area contributed by atoms with Gasteiger partial charge in [-0.3, -0.25) is 4.79 Å². The van der Waals surface area contributed by atoms with E-state index in [1.54, 1.807) is 0 Å². The largest absolute Gasteiger partial charge is 0.465 e. The molecule has 0 spiro atoms. The highest BCUT2D eigenvalue weighted by molar-refractivity contribution is 5.87. The minimum Gasteiger partial charge on any atom is -0.465 e. The zero-order valence-corrected chi connectivity index (χ0v) is 12.8. The molecule has 0 aromatic heterocycles. The SMILES string of the molecule is CCOC(=O)[C@@]1(c2ccccc2)C[C@H]1CN(CC)CC. The molecule has 1 aliphatic carbocycles. The van der Waals surface area contributed by atoms with E-state index < -0.39 is 5.41 Å². The Bertz CT molecular complexity index is 442. The first-order valence-corrected chi connectivity index (χ1v) is 7.64. The van der Waals surface area contributed by atoms with Crippen molar-refractivity contribution in [1.29, 1.82) is 0 Å². The highest BCUT2D eigenvalue weighted by Gasteiger charge is 2.62. The molecule has 2 rings (SSSR count). The third-order valence-corrected chi connectivity index (χ3v) is 4.41. The zero-order chi connectivity index (χ0) is 14.6. The molecule has 0 bridgehead atoms. The fraction of sp³-hybridized carbons (Fsp3) is 0.588. The predicted octanol–water partition coefficient (Wildman–Crippen LogP) is 2.85. The average molecular weight is 275 g/mol. The van der Waals surface area contributed by atoms with Gasteiger partial charge in [0.25, 0.3) is 0 Å². The Kier molecular flexibility index (Phi) is 4.81. The van der Waals surface area contributed by atoms with Crippen LogP contribution in [-0.2, 0) is 14.9 Å². The fourth-order valence-corrected chi connectivity index (χ4v) is 3.06. The number of esters is 1. The highest BCUT2D eigenvalue weighted by atomic mass is 16.5. The summed E-state index contributed by atoms with van der Waals surface area (Å²) in [4.78, 5) is 14.8. The number of benzene rings is 1. The number of ether oxygens (including phenoxy) is 1. The third kappa shape index (κ3) is 2.73. The average Bonchev–Trinajstić information content (AvgIpc) is 3.21. The van der Waals surface area contributed by atoms with Gasteiger partial charge in [-0.2, -0.15) is 0 Å². The molecule has 3 nitrogen and oxygen atoms in total. The van der Waals surface area contributed by atoms with Crippen molar-refractivity contribution in [3.8, 4) is 0 Å². The van der Waals surface area contributed by atoms with Crippen LogP contribution in [0.2, 0.25) is 0 Å². The summed E-state index contributed by atoms with van der Waals surface area (Å²) < 4.78 is 5.35. The Morgan fingerprint density at radius 1 is 1.25 bits per heavy atom. The van der Waals surface area contributed by atoms with Gasteiger partial charge in [0, 0.05) is 6.54 Å². The van der Waals surface area contributed by atoms with Gasteiger partial charge in [-0.25, -0.2) is 0 Å². The molecule has 3 heteroatoms. The topological polar surface area (TPSA) is 29.5 Å². The van der Waals surface area contributed by atoms with Gasteiger partial charge in [0.05, 0.1) is 12.0 Å². The monoisotopic (exact) mass is 275 g/mol. The van der Waals surface area contributed by atoms with Crippen LogP contribution >= 0.6 is 0 Å². The maximum Gasteiger partial charge on any atom is 0.316 e. The quantitative estimate of drug-likeness (QED) is 0.717. The van der Waals surface area contributed by atoms with Gasteiger partial charge < -0.3 is 9.64 Å². The molecule has 1 saturated carbocycles. The van der Waals surface area contributed by atoms with E-state index in [2.05, 4.69) is 30.9 Å². The van der Waals surface area contributed by atoms with Gasteiger partial charge >= 0.3 is 5.97 Å². The van der Waals surface area contributed by atoms with Crippen molar-refractivity contribution in [3.63, 3.8) is 0 Å². The summed E-state index contributed by atoms with van der Waals surface area (Å²) >= 11 is 0. The molecule has 0 saturated heterocycles. The van der Waals surface area contributed by atoms with E-state index in [4.69, 9.17) is 4.74 Å². The van der Waals surface area contributed by atoms with E-state index in [9.17, 15) is 4.79 Å². The summed E-state index contributed by atoms with van der Waals surface area (Å²) in [6, 6.07) is 10.1. The molecule has 1 aromatic rings. The first-order chi connectivity index (χ1) is 9.68. The van der Waals surface area contributed by atoms with Crippen LogP contribution in [0.5, 0.6) is 0 Å². The van der Waals surface area contributed by atoms with Crippen LogP contribution in [0.25, 0.3) is 0 Å². The van der Waals surface area contributed by atoms with Crippen molar-refractivity contribution in [1.82, 2.24) is 4.90 Å². The summed E-state index contributed by atoms with van der Waals surface area (Å²) in [6.45, 7) is 9.69. The van der Waals surface area contributed by atoms with Crippen LogP contribution in [0, 0.1) is 5.92 Å². The van der Waals surface area contributed by atoms with Crippen molar-refractivity contribution < 1.29 is 9.53 Å². The first-order valence-electron chi connectivity index (χ1n) is 7.64. The molecule has 0 heterocycles. The summed E-state index contributed by atoms with van der Waals surface area (Å²) in [5.74, 6) is 0.326. The van der Waals surface area contributed by atoms with E-state index in [0.717, 1.165) is 31.6 Å². The molecule has 0 N–H and O–H groups in total. The van der Waals surface area contributed by atoms with Crippen LogP contribution < -0.4 is 0 Å². The Balaban J connectivity index is 2.19. The number of hydrogen-bond donors (Lipinski definition) is 0. The Morgan fingerprint density at radius 3 is 2.45 bits per heavy atom. The maximum atomic E-state index is 12.5. The Morgan fingerprint density at radius 2 is 1.90 bits per heavy atom. The van der Waals surface area contributed by atoms with Crippen LogP contribution in [0.3, 0.4) is 0 Å². The van der Waals surface area contributed by atoms with Crippen molar-refractivity contribution >= 4 is 5.97 Å². The van der Waals surface area contributed by atoms with E-state index in [-0.39, 0.29) is 5.97 Å². The second-order valence-corrected chi connectivity index (χ2v) is 5.44. The van der Waals surface area contributed by atoms with Crippen LogP contribution in [0.4, 0.5) is 0 Å². The molecule has 2 atom stereocenters. The van der Waals surface area contributed by atoms with Crippen molar-refractivity contribution in [2.24, 2.45) is 5.92 Å². The van der Waals surface area contributed by atoms with Crippen molar-refractivity contribution in [2.45, 2.75) is 32.6 Å². The number of rotatable bonds is 7. The molecule has 110 valence electrons. The standard InChI is InChI=1S/C17H25NO2/c1-4-18(5-2)13-15-12-17(15,16(19)20-6-3)14-10-8-7-9-11-14/h7-11,15H,4-6,12-13H2,1-3H3/t15-,17+/m0/s1. The highest BCUT2D eigenvalue weighted by Crippen LogP contribution is 2.55. The number of carbonyl (C=O) groups is 1. The number of hydrogen-bond acceptors (Lipinski definition) is 3. The van der Waals surface area contributed by atoms with Gasteiger partial charge in [-0.15, -0.1) is 0 Å². The van der Waals surface area contributed by atoms with Gasteiger partial charge in [0.1, 0.15) is 0 Å². The minimum atomic E-state index is -0.403. The van der Waals surface area contributed by atoms with Gasteiger partial charge in [-0.1, -0.05) is 44.2 Å². The first kappa shape index (κ1) is 15.0. The lowest BCUT2D eigenvalue weighted by atomic mass is 9.93. The van der Waals surface area contributed by atoms with Gasteiger partial charge in [-0.05, 0) is 37.9 Å². The molecular weight excluding hydrogens is 250 g/mol. The minimum absolute atomic E-state index is 0.0524. The fourth-order valence-electron chi connectivity index (χ4n) is 3.06. The lowest BCUT2D eigenvalue weighted by molar-refractivity contribution is -0.146. The molecule has 1 fully saturated rings. The van der Waals surface area contributed by atoms with Crippen LogP contribution in [-0.4, -0.2) is 37.1 Å². The molecule has 0 radical (unpaired) electrons. The molecule has 0 unspecified atom stereocenters. The normalized spacial score (nSPS) is 24.7. The number of carbonyl (C=O) groups excluding carboxylic acids is 1. The smallest absolute Gasteiger partial charge is 0.316 e. The molecule has 1 aromatic carbocycles. The van der Waals surface area contributed by atoms with Crippen LogP contribution in [0.15, 0.2) is 30.3 Å². The van der Waals surface area contributed by atoms with E-state index >= 15 is 0 Å². The summed E-state index contributed by atoms with van der Waals surface area (Å²) in [7, 11) is 0. The molecule has 0 amide bonds. The summed E-state index contributed by atoms with van der Waals surface area (Å²) in [6.07, 6.45) is 0.909. The van der Waals surface area contributed by atoms with Crippen molar-refractivity contribution in [2.75, 3.05) is 26.2 Å². The second kappa shape index (κ2) is 6.40. The van der Waals surface area contributed by atoms with Gasteiger partial charge in [0.15, 0.2) is 0 Å². The van der Waals surface area contributed by atoms with Gasteiger partial charge in [0.2, 0.25) is 0 Å².